The second-order valence-electron chi connectivity index (χ2n) is 7.36. The van der Waals surface area contributed by atoms with Crippen molar-refractivity contribution in [1.82, 2.24) is 9.80 Å². The van der Waals surface area contributed by atoms with Gasteiger partial charge < -0.3 is 10.0 Å². The molecular weight excluding hydrogens is 324 g/mol. The summed E-state index contributed by atoms with van der Waals surface area (Å²) >= 11 is 0. The van der Waals surface area contributed by atoms with Crippen molar-refractivity contribution in [1.29, 1.82) is 0 Å². The van der Waals surface area contributed by atoms with Crippen LogP contribution in [0.3, 0.4) is 0 Å². The summed E-state index contributed by atoms with van der Waals surface area (Å²) in [5.74, 6) is 0.0717. The third kappa shape index (κ3) is 3.53. The molecule has 0 bridgehead atoms. The fourth-order valence-corrected chi connectivity index (χ4v) is 4.27. The van der Waals surface area contributed by atoms with Gasteiger partial charge in [-0.15, -0.1) is 0 Å². The molecule has 2 heterocycles. The Kier molecular flexibility index (Phi) is 5.05. The van der Waals surface area contributed by atoms with Crippen molar-refractivity contribution in [3.05, 3.63) is 71.3 Å². The van der Waals surface area contributed by atoms with Crippen molar-refractivity contribution >= 4 is 5.91 Å². The molecule has 2 aliphatic rings. The van der Waals surface area contributed by atoms with E-state index in [0.717, 1.165) is 31.5 Å². The first-order chi connectivity index (χ1) is 12.7. The van der Waals surface area contributed by atoms with Gasteiger partial charge >= 0.3 is 0 Å². The molecule has 0 unspecified atom stereocenters. The van der Waals surface area contributed by atoms with Gasteiger partial charge in [0.1, 0.15) is 0 Å². The highest BCUT2D eigenvalue weighted by atomic mass is 16.3. The molecule has 1 saturated heterocycles. The molecule has 4 heteroatoms. The van der Waals surface area contributed by atoms with Crippen LogP contribution in [0.1, 0.15) is 34.3 Å². The molecular formula is C22H26N2O2. The average molecular weight is 350 g/mol. The number of amides is 1. The number of fused-ring (bicyclic) bond motifs is 1. The molecule has 0 spiro atoms. The molecule has 0 saturated carbocycles. The van der Waals surface area contributed by atoms with Gasteiger partial charge in [0.05, 0.1) is 6.10 Å². The largest absolute Gasteiger partial charge is 0.391 e. The van der Waals surface area contributed by atoms with Crippen molar-refractivity contribution < 1.29 is 9.90 Å². The Bertz CT molecular complexity index is 762. The third-order valence-electron chi connectivity index (χ3n) is 5.77. The summed E-state index contributed by atoms with van der Waals surface area (Å²) in [6.45, 7) is 3.19. The Morgan fingerprint density at radius 2 is 1.58 bits per heavy atom. The summed E-state index contributed by atoms with van der Waals surface area (Å²) < 4.78 is 0. The molecule has 1 fully saturated rings. The second-order valence-corrected chi connectivity index (χ2v) is 7.36. The molecule has 4 nitrogen and oxygen atoms in total. The number of hydrogen-bond donors (Lipinski definition) is 1. The van der Waals surface area contributed by atoms with Gasteiger partial charge in [-0.25, -0.2) is 0 Å². The minimum atomic E-state index is -0.381. The zero-order valence-corrected chi connectivity index (χ0v) is 15.1. The number of benzene rings is 2. The first-order valence-electron chi connectivity index (χ1n) is 9.55. The third-order valence-corrected chi connectivity index (χ3v) is 5.77. The molecule has 2 aliphatic heterocycles. The number of hydrogen-bond acceptors (Lipinski definition) is 3. The van der Waals surface area contributed by atoms with Gasteiger partial charge in [-0.1, -0.05) is 42.5 Å². The summed E-state index contributed by atoms with van der Waals surface area (Å²) in [5.41, 5.74) is 3.52. The Labute approximate surface area is 155 Å². The minimum Gasteiger partial charge on any atom is -0.391 e. The molecule has 136 valence electrons. The Morgan fingerprint density at radius 3 is 2.38 bits per heavy atom. The maximum Gasteiger partial charge on any atom is 0.253 e. The van der Waals surface area contributed by atoms with Gasteiger partial charge in [0, 0.05) is 37.8 Å². The van der Waals surface area contributed by atoms with Crippen molar-refractivity contribution in [2.75, 3.05) is 19.6 Å². The van der Waals surface area contributed by atoms with Crippen LogP contribution in [0.5, 0.6) is 0 Å². The molecule has 1 N–H and O–H groups in total. The van der Waals surface area contributed by atoms with E-state index in [9.17, 15) is 9.90 Å². The highest BCUT2D eigenvalue weighted by Gasteiger charge is 2.32. The number of carbonyl (C=O) groups is 1. The van der Waals surface area contributed by atoms with E-state index in [0.29, 0.717) is 19.5 Å². The normalized spacial score (nSPS) is 24.0. The van der Waals surface area contributed by atoms with E-state index in [1.54, 1.807) is 0 Å². The molecule has 2 aromatic carbocycles. The lowest BCUT2D eigenvalue weighted by atomic mass is 9.96. The number of carbonyl (C=O) groups excluding carboxylic acids is 1. The fraction of sp³-hybridized carbons (Fsp3) is 0.409. The summed E-state index contributed by atoms with van der Waals surface area (Å²) in [5, 5.41) is 10.7. The molecule has 0 aliphatic carbocycles. The first-order valence-corrected chi connectivity index (χ1v) is 9.55. The number of rotatable bonds is 2. The minimum absolute atomic E-state index is 0.0717. The van der Waals surface area contributed by atoms with Crippen molar-refractivity contribution in [2.45, 2.75) is 38.0 Å². The van der Waals surface area contributed by atoms with Gasteiger partial charge in [0.15, 0.2) is 0 Å². The Hall–Kier alpha value is -2.17. The van der Waals surface area contributed by atoms with E-state index in [1.165, 1.54) is 11.1 Å². The van der Waals surface area contributed by atoms with Crippen LogP contribution in [0, 0.1) is 0 Å². The smallest absolute Gasteiger partial charge is 0.253 e. The molecule has 1 amide bonds. The van der Waals surface area contributed by atoms with Crippen LogP contribution in [-0.2, 0) is 13.0 Å². The van der Waals surface area contributed by atoms with Gasteiger partial charge in [-0.3, -0.25) is 9.69 Å². The van der Waals surface area contributed by atoms with Crippen LogP contribution in [0.25, 0.3) is 0 Å². The van der Waals surface area contributed by atoms with Crippen LogP contribution in [0.2, 0.25) is 0 Å². The first kappa shape index (κ1) is 17.3. The summed E-state index contributed by atoms with van der Waals surface area (Å²) in [4.78, 5) is 17.0. The molecule has 26 heavy (non-hydrogen) atoms. The number of aliphatic hydroxyl groups excluding tert-OH is 1. The summed E-state index contributed by atoms with van der Waals surface area (Å²) in [6, 6.07) is 18.2. The standard InChI is InChI=1S/C22H26N2O2/c25-21-12-15-23(22(26)18-7-2-1-3-8-18)14-11-20(21)24-13-10-17-6-4-5-9-19(17)16-24/h1-9,20-21,25H,10-16H2/t20-,21-/m0/s1. The van der Waals surface area contributed by atoms with Gasteiger partial charge in [-0.2, -0.15) is 0 Å². The zero-order chi connectivity index (χ0) is 17.9. The SMILES string of the molecule is O=C(c1ccccc1)N1CC[C@H](O)[C@@H](N2CCc3ccccc3C2)CC1. The quantitative estimate of drug-likeness (QED) is 0.906. The van der Waals surface area contributed by atoms with Crippen LogP contribution >= 0.6 is 0 Å². The summed E-state index contributed by atoms with van der Waals surface area (Å²) in [6.07, 6.45) is 2.11. The van der Waals surface area contributed by atoms with E-state index in [2.05, 4.69) is 29.2 Å². The van der Waals surface area contributed by atoms with Gasteiger partial charge in [-0.05, 0) is 42.5 Å². The maximum absolute atomic E-state index is 12.7. The fourth-order valence-electron chi connectivity index (χ4n) is 4.27. The van der Waals surface area contributed by atoms with Crippen molar-refractivity contribution in [2.24, 2.45) is 0 Å². The maximum atomic E-state index is 12.7. The van der Waals surface area contributed by atoms with Gasteiger partial charge in [0.2, 0.25) is 0 Å². The molecule has 2 atom stereocenters. The van der Waals surface area contributed by atoms with E-state index < -0.39 is 0 Å². The van der Waals surface area contributed by atoms with Crippen LogP contribution in [0.15, 0.2) is 54.6 Å². The van der Waals surface area contributed by atoms with Crippen molar-refractivity contribution in [3.63, 3.8) is 0 Å². The summed E-state index contributed by atoms with van der Waals surface area (Å²) in [7, 11) is 0. The second kappa shape index (κ2) is 7.60. The van der Waals surface area contributed by atoms with Crippen LogP contribution in [-0.4, -0.2) is 52.6 Å². The van der Waals surface area contributed by atoms with Crippen molar-refractivity contribution in [3.8, 4) is 0 Å². The lowest BCUT2D eigenvalue weighted by molar-refractivity contribution is 0.0394. The molecule has 2 aromatic rings. The lowest BCUT2D eigenvalue weighted by Crippen LogP contribution is -2.46. The highest BCUT2D eigenvalue weighted by Crippen LogP contribution is 2.25. The molecule has 0 radical (unpaired) electrons. The zero-order valence-electron chi connectivity index (χ0n) is 15.1. The predicted molar refractivity (Wildman–Crippen MR) is 102 cm³/mol. The monoisotopic (exact) mass is 350 g/mol. The average Bonchev–Trinajstić information content (AvgIpc) is 2.89. The van der Waals surface area contributed by atoms with E-state index in [4.69, 9.17) is 0 Å². The van der Waals surface area contributed by atoms with E-state index in [-0.39, 0.29) is 18.1 Å². The Morgan fingerprint density at radius 1 is 0.885 bits per heavy atom. The van der Waals surface area contributed by atoms with E-state index in [1.807, 2.05) is 35.2 Å². The van der Waals surface area contributed by atoms with Crippen LogP contribution < -0.4 is 0 Å². The molecule has 4 rings (SSSR count). The number of likely N-dealkylation sites (tertiary alicyclic amines) is 1. The number of nitrogens with zero attached hydrogens (tertiary/aromatic N) is 2. The van der Waals surface area contributed by atoms with Gasteiger partial charge in [0.25, 0.3) is 5.91 Å². The number of aliphatic hydroxyl groups is 1. The van der Waals surface area contributed by atoms with Crippen LogP contribution in [0.4, 0.5) is 0 Å². The predicted octanol–water partition coefficient (Wildman–Crippen LogP) is 2.71. The topological polar surface area (TPSA) is 43.8 Å². The Balaban J connectivity index is 1.44. The van der Waals surface area contributed by atoms with E-state index >= 15 is 0 Å². The highest BCUT2D eigenvalue weighted by molar-refractivity contribution is 5.94. The molecule has 0 aromatic heterocycles. The lowest BCUT2D eigenvalue weighted by Gasteiger charge is -2.37.